The Morgan fingerprint density at radius 3 is 2.44 bits per heavy atom. The predicted molar refractivity (Wildman–Crippen MR) is 93.6 cm³/mol. The lowest BCUT2D eigenvalue weighted by atomic mass is 9.86. The van der Waals surface area contributed by atoms with Gasteiger partial charge in [-0.1, -0.05) is 12.5 Å². The van der Waals surface area contributed by atoms with E-state index in [4.69, 9.17) is 4.74 Å². The Hall–Kier alpha value is -1.93. The van der Waals surface area contributed by atoms with Gasteiger partial charge in [-0.05, 0) is 44.4 Å². The molecule has 1 amide bonds. The van der Waals surface area contributed by atoms with Gasteiger partial charge in [0, 0.05) is 19.8 Å². The Morgan fingerprint density at radius 2 is 1.92 bits per heavy atom. The number of ether oxygens (including phenoxy) is 1. The summed E-state index contributed by atoms with van der Waals surface area (Å²) in [5.41, 5.74) is 1.09. The third-order valence-corrected chi connectivity index (χ3v) is 6.16. The second kappa shape index (κ2) is 7.53. The zero-order valence-electron chi connectivity index (χ0n) is 14.9. The number of hydrogen-bond acceptors (Lipinski definition) is 5. The van der Waals surface area contributed by atoms with E-state index in [1.807, 2.05) is 0 Å². The molecule has 0 aromatic heterocycles. The molecule has 0 saturated heterocycles. The first kappa shape index (κ1) is 19.4. The largest absolute Gasteiger partial charge is 0.452 e. The fourth-order valence-corrected chi connectivity index (χ4v) is 3.24. The molecule has 0 aliphatic heterocycles. The first-order chi connectivity index (χ1) is 11.6. The summed E-state index contributed by atoms with van der Waals surface area (Å²) in [5.74, 6) is -0.949. The van der Waals surface area contributed by atoms with E-state index in [1.165, 1.54) is 33.2 Å². The number of hydrogen-bond donors (Lipinski definition) is 1. The van der Waals surface area contributed by atoms with Crippen molar-refractivity contribution in [1.82, 2.24) is 4.31 Å². The van der Waals surface area contributed by atoms with E-state index in [2.05, 4.69) is 5.32 Å². The number of esters is 1. The molecule has 1 aromatic rings. The van der Waals surface area contributed by atoms with Crippen molar-refractivity contribution in [2.75, 3.05) is 19.4 Å². The lowest BCUT2D eigenvalue weighted by molar-refractivity contribution is -0.159. The highest BCUT2D eigenvalue weighted by atomic mass is 32.2. The predicted octanol–water partition coefficient (Wildman–Crippen LogP) is 1.92. The minimum absolute atomic E-state index is 0.0810. The van der Waals surface area contributed by atoms with Gasteiger partial charge in [-0.25, -0.2) is 12.7 Å². The first-order valence-corrected chi connectivity index (χ1v) is 9.61. The van der Waals surface area contributed by atoms with Gasteiger partial charge in [0.1, 0.15) is 0 Å². The van der Waals surface area contributed by atoms with Crippen LogP contribution in [-0.4, -0.2) is 44.8 Å². The maximum atomic E-state index is 12.3. The van der Waals surface area contributed by atoms with Crippen molar-refractivity contribution in [2.45, 2.75) is 44.1 Å². The topological polar surface area (TPSA) is 92.8 Å². The number of carbonyl (C=O) groups excluding carboxylic acids is 2. The molecule has 0 heterocycles. The number of anilines is 1. The first-order valence-electron chi connectivity index (χ1n) is 8.17. The van der Waals surface area contributed by atoms with Crippen molar-refractivity contribution in [3.05, 3.63) is 23.8 Å². The van der Waals surface area contributed by atoms with Crippen LogP contribution < -0.4 is 5.32 Å². The third kappa shape index (κ3) is 4.38. The normalized spacial score (nSPS) is 16.2. The van der Waals surface area contributed by atoms with Crippen molar-refractivity contribution in [2.24, 2.45) is 5.92 Å². The molecular weight excluding hydrogens is 344 g/mol. The molecule has 0 spiro atoms. The zero-order chi connectivity index (χ0) is 18.8. The van der Waals surface area contributed by atoms with Crippen LogP contribution in [0.4, 0.5) is 5.69 Å². The van der Waals surface area contributed by atoms with Crippen LogP contribution in [0.3, 0.4) is 0 Å². The molecule has 0 radical (unpaired) electrons. The van der Waals surface area contributed by atoms with Gasteiger partial charge in [-0.2, -0.15) is 0 Å². The van der Waals surface area contributed by atoms with Crippen LogP contribution in [0.25, 0.3) is 0 Å². The maximum absolute atomic E-state index is 12.3. The molecule has 1 atom stereocenters. The maximum Gasteiger partial charge on any atom is 0.309 e. The molecule has 0 unspecified atom stereocenters. The number of sulfonamides is 1. The molecule has 8 heteroatoms. The summed E-state index contributed by atoms with van der Waals surface area (Å²) in [6.07, 6.45) is 1.67. The monoisotopic (exact) mass is 368 g/mol. The molecule has 25 heavy (non-hydrogen) atoms. The molecular formula is C17H24N2O5S. The van der Waals surface area contributed by atoms with E-state index in [0.717, 1.165) is 23.6 Å². The highest BCUT2D eigenvalue weighted by molar-refractivity contribution is 7.89. The molecule has 1 saturated carbocycles. The highest BCUT2D eigenvalue weighted by Gasteiger charge is 2.29. The van der Waals surface area contributed by atoms with Gasteiger partial charge in [0.15, 0.2) is 6.10 Å². The van der Waals surface area contributed by atoms with Crippen LogP contribution >= 0.6 is 0 Å². The average molecular weight is 368 g/mol. The molecule has 1 N–H and O–H groups in total. The Kier molecular flexibility index (Phi) is 5.84. The molecule has 2 rings (SSSR count). The number of benzene rings is 1. The van der Waals surface area contributed by atoms with Gasteiger partial charge < -0.3 is 10.1 Å². The summed E-state index contributed by atoms with van der Waals surface area (Å²) in [6, 6.07) is 4.51. The lowest BCUT2D eigenvalue weighted by Crippen LogP contribution is -2.34. The van der Waals surface area contributed by atoms with Crippen LogP contribution in [0.5, 0.6) is 0 Å². The van der Waals surface area contributed by atoms with Crippen molar-refractivity contribution in [3.63, 3.8) is 0 Å². The summed E-state index contributed by atoms with van der Waals surface area (Å²) < 4.78 is 30.7. The van der Waals surface area contributed by atoms with E-state index in [-0.39, 0.29) is 16.8 Å². The van der Waals surface area contributed by atoms with E-state index < -0.39 is 22.0 Å². The fourth-order valence-electron chi connectivity index (χ4n) is 2.31. The Balaban J connectivity index is 2.10. The molecule has 1 fully saturated rings. The number of amides is 1. The minimum Gasteiger partial charge on any atom is -0.452 e. The fraction of sp³-hybridized carbons (Fsp3) is 0.529. The summed E-state index contributed by atoms with van der Waals surface area (Å²) in [4.78, 5) is 24.2. The van der Waals surface area contributed by atoms with E-state index in [1.54, 1.807) is 13.0 Å². The van der Waals surface area contributed by atoms with Crippen molar-refractivity contribution >= 4 is 27.6 Å². The van der Waals surface area contributed by atoms with Crippen LogP contribution in [0.1, 0.15) is 31.7 Å². The summed E-state index contributed by atoms with van der Waals surface area (Å²) in [7, 11) is -0.722. The molecule has 7 nitrogen and oxygen atoms in total. The van der Waals surface area contributed by atoms with Crippen LogP contribution in [0.2, 0.25) is 0 Å². The number of carbonyl (C=O) groups is 2. The van der Waals surface area contributed by atoms with Crippen LogP contribution in [-0.2, 0) is 24.3 Å². The summed E-state index contributed by atoms with van der Waals surface area (Å²) in [6.45, 7) is 3.26. The molecule has 138 valence electrons. The number of rotatable bonds is 6. The van der Waals surface area contributed by atoms with Gasteiger partial charge in [0.25, 0.3) is 5.91 Å². The lowest BCUT2D eigenvalue weighted by Gasteiger charge is -2.25. The van der Waals surface area contributed by atoms with Crippen LogP contribution in [0, 0.1) is 12.8 Å². The quantitative estimate of drug-likeness (QED) is 0.775. The van der Waals surface area contributed by atoms with E-state index in [9.17, 15) is 18.0 Å². The van der Waals surface area contributed by atoms with Crippen LogP contribution in [0.15, 0.2) is 23.1 Å². The van der Waals surface area contributed by atoms with Gasteiger partial charge >= 0.3 is 5.97 Å². The van der Waals surface area contributed by atoms with Gasteiger partial charge in [0.05, 0.1) is 10.8 Å². The summed E-state index contributed by atoms with van der Waals surface area (Å²) in [5, 5.41) is 2.64. The van der Waals surface area contributed by atoms with Gasteiger partial charge in [-0.15, -0.1) is 0 Å². The van der Waals surface area contributed by atoms with E-state index in [0.29, 0.717) is 11.3 Å². The smallest absolute Gasteiger partial charge is 0.309 e. The van der Waals surface area contributed by atoms with Crippen molar-refractivity contribution in [3.8, 4) is 0 Å². The Morgan fingerprint density at radius 1 is 1.28 bits per heavy atom. The van der Waals surface area contributed by atoms with E-state index >= 15 is 0 Å². The molecule has 0 bridgehead atoms. The Bertz CT molecular complexity index is 769. The number of aryl methyl sites for hydroxylation is 1. The van der Waals surface area contributed by atoms with Gasteiger partial charge in [0.2, 0.25) is 10.0 Å². The average Bonchev–Trinajstić information content (AvgIpc) is 2.46. The minimum atomic E-state index is -3.60. The van der Waals surface area contributed by atoms with Gasteiger partial charge in [-0.3, -0.25) is 9.59 Å². The molecule has 1 aromatic carbocycles. The molecule has 1 aliphatic carbocycles. The molecule has 1 aliphatic rings. The summed E-state index contributed by atoms with van der Waals surface area (Å²) >= 11 is 0. The number of nitrogens with one attached hydrogen (secondary N) is 1. The SMILES string of the molecule is Cc1ccc(S(=O)(=O)N(C)C)cc1NC(=O)[C@H](C)OC(=O)C1CCC1. The third-order valence-electron chi connectivity index (χ3n) is 4.35. The highest BCUT2D eigenvalue weighted by Crippen LogP contribution is 2.28. The number of nitrogens with zero attached hydrogens (tertiary/aromatic N) is 1. The Labute approximate surface area is 148 Å². The second-order valence-corrected chi connectivity index (χ2v) is 8.61. The van der Waals surface area contributed by atoms with Crippen molar-refractivity contribution in [1.29, 1.82) is 0 Å². The van der Waals surface area contributed by atoms with Crippen molar-refractivity contribution < 1.29 is 22.7 Å². The second-order valence-electron chi connectivity index (χ2n) is 6.46. The standard InChI is InChI=1S/C17H24N2O5S/c1-11-8-9-14(25(22,23)19(3)4)10-15(11)18-16(20)12(2)24-17(21)13-6-5-7-13/h8-10,12-13H,5-7H2,1-4H3,(H,18,20)/t12-/m0/s1. The zero-order valence-corrected chi connectivity index (χ0v) is 15.7.